The Morgan fingerprint density at radius 2 is 2.22 bits per heavy atom. The Bertz CT molecular complexity index is 492. The Hall–Kier alpha value is -1.56. The maximum atomic E-state index is 13.7. The second-order valence-electron chi connectivity index (χ2n) is 5.62. The molecule has 0 aromatic heterocycles. The van der Waals surface area contributed by atoms with Crippen LogP contribution in [-0.4, -0.2) is 6.54 Å². The highest BCUT2D eigenvalue weighted by Gasteiger charge is 2.39. The third kappa shape index (κ3) is 2.08. The predicted octanol–water partition coefficient (Wildman–Crippen LogP) is 3.55. The zero-order chi connectivity index (χ0) is 12.5. The van der Waals surface area contributed by atoms with Crippen LogP contribution in [0.3, 0.4) is 0 Å². The largest absolute Gasteiger partial charge is 0.382 e. The molecular formula is C15H17FN2. The van der Waals surface area contributed by atoms with E-state index in [2.05, 4.69) is 5.32 Å². The lowest BCUT2D eigenvalue weighted by molar-refractivity contribution is 0.348. The van der Waals surface area contributed by atoms with Crippen molar-refractivity contribution in [3.05, 3.63) is 29.6 Å². The van der Waals surface area contributed by atoms with E-state index in [1.165, 1.54) is 31.7 Å². The number of fused-ring (bicyclic) bond motifs is 2. The molecule has 1 aromatic carbocycles. The lowest BCUT2D eigenvalue weighted by atomic mass is 9.89. The van der Waals surface area contributed by atoms with Gasteiger partial charge in [-0.25, -0.2) is 4.39 Å². The molecule has 3 heteroatoms. The van der Waals surface area contributed by atoms with Crippen molar-refractivity contribution in [2.75, 3.05) is 11.9 Å². The van der Waals surface area contributed by atoms with E-state index in [-0.39, 0.29) is 5.82 Å². The Morgan fingerprint density at radius 1 is 1.33 bits per heavy atom. The van der Waals surface area contributed by atoms with Crippen molar-refractivity contribution in [3.8, 4) is 6.07 Å². The fourth-order valence-electron chi connectivity index (χ4n) is 3.60. The Morgan fingerprint density at radius 3 is 2.83 bits per heavy atom. The summed E-state index contributed by atoms with van der Waals surface area (Å²) in [6.07, 6.45) is 5.43. The van der Waals surface area contributed by atoms with Gasteiger partial charge in [0.25, 0.3) is 0 Å². The number of benzene rings is 1. The Kier molecular flexibility index (Phi) is 2.95. The molecule has 0 amide bonds. The topological polar surface area (TPSA) is 35.8 Å². The van der Waals surface area contributed by atoms with Crippen LogP contribution >= 0.6 is 0 Å². The summed E-state index contributed by atoms with van der Waals surface area (Å²) in [5.74, 6) is 2.16. The normalized spacial score (nSPS) is 29.2. The molecular weight excluding hydrogens is 227 g/mol. The van der Waals surface area contributed by atoms with Crippen molar-refractivity contribution in [2.45, 2.75) is 25.7 Å². The molecule has 0 spiro atoms. The standard InChI is InChI=1S/C15H17FN2/c16-14-7-11(8-17)2-4-15(14)18-9-13-6-10-1-3-12(13)5-10/h2,4,7,10,12-13,18H,1,3,5-6,9H2. The summed E-state index contributed by atoms with van der Waals surface area (Å²) in [6, 6.07) is 6.57. The molecule has 94 valence electrons. The van der Waals surface area contributed by atoms with E-state index in [0.29, 0.717) is 17.2 Å². The van der Waals surface area contributed by atoms with Crippen LogP contribution in [0.25, 0.3) is 0 Å². The number of halogens is 1. The molecule has 3 unspecified atom stereocenters. The van der Waals surface area contributed by atoms with Gasteiger partial charge in [-0.3, -0.25) is 0 Å². The van der Waals surface area contributed by atoms with Gasteiger partial charge < -0.3 is 5.32 Å². The molecule has 1 aromatic rings. The fourth-order valence-corrected chi connectivity index (χ4v) is 3.60. The molecule has 2 aliphatic carbocycles. The minimum absolute atomic E-state index is 0.322. The molecule has 1 N–H and O–H groups in total. The van der Waals surface area contributed by atoms with Gasteiger partial charge in [0.15, 0.2) is 0 Å². The predicted molar refractivity (Wildman–Crippen MR) is 68.5 cm³/mol. The first kappa shape index (κ1) is 11.5. The number of nitrogens with zero attached hydrogens (tertiary/aromatic N) is 1. The maximum Gasteiger partial charge on any atom is 0.147 e. The van der Waals surface area contributed by atoms with Gasteiger partial charge in [-0.05, 0) is 55.2 Å². The second-order valence-corrected chi connectivity index (χ2v) is 5.62. The van der Waals surface area contributed by atoms with Gasteiger partial charge in [0.2, 0.25) is 0 Å². The monoisotopic (exact) mass is 244 g/mol. The first-order valence-corrected chi connectivity index (χ1v) is 6.70. The summed E-state index contributed by atoms with van der Waals surface area (Å²) >= 11 is 0. The van der Waals surface area contributed by atoms with Gasteiger partial charge in [-0.15, -0.1) is 0 Å². The number of nitrogens with one attached hydrogen (secondary N) is 1. The summed E-state index contributed by atoms with van der Waals surface area (Å²) in [4.78, 5) is 0. The number of anilines is 1. The quantitative estimate of drug-likeness (QED) is 0.882. The van der Waals surface area contributed by atoms with E-state index in [9.17, 15) is 4.39 Å². The average molecular weight is 244 g/mol. The minimum atomic E-state index is -0.322. The molecule has 0 saturated heterocycles. The van der Waals surface area contributed by atoms with E-state index >= 15 is 0 Å². The zero-order valence-corrected chi connectivity index (χ0v) is 10.3. The van der Waals surface area contributed by atoms with E-state index in [4.69, 9.17) is 5.26 Å². The summed E-state index contributed by atoms with van der Waals surface area (Å²) < 4.78 is 13.7. The van der Waals surface area contributed by atoms with E-state index < -0.39 is 0 Å². The number of hydrogen-bond donors (Lipinski definition) is 1. The number of nitriles is 1. The first-order valence-electron chi connectivity index (χ1n) is 6.70. The van der Waals surface area contributed by atoms with Gasteiger partial charge in [-0.2, -0.15) is 5.26 Å². The van der Waals surface area contributed by atoms with E-state index in [1.807, 2.05) is 6.07 Å². The van der Waals surface area contributed by atoms with Crippen molar-refractivity contribution in [1.29, 1.82) is 5.26 Å². The molecule has 3 atom stereocenters. The van der Waals surface area contributed by atoms with E-state index in [0.717, 1.165) is 18.4 Å². The third-order valence-corrected chi connectivity index (χ3v) is 4.54. The summed E-state index contributed by atoms with van der Waals surface area (Å²) in [6.45, 7) is 0.865. The van der Waals surface area contributed by atoms with Gasteiger partial charge in [0, 0.05) is 6.54 Å². The number of hydrogen-bond acceptors (Lipinski definition) is 2. The molecule has 2 saturated carbocycles. The van der Waals surface area contributed by atoms with E-state index in [1.54, 1.807) is 12.1 Å². The minimum Gasteiger partial charge on any atom is -0.382 e. The molecule has 0 heterocycles. The molecule has 2 aliphatic rings. The first-order chi connectivity index (χ1) is 8.76. The maximum absolute atomic E-state index is 13.7. The fraction of sp³-hybridized carbons (Fsp3) is 0.533. The zero-order valence-electron chi connectivity index (χ0n) is 10.3. The van der Waals surface area contributed by atoms with Crippen LogP contribution in [0.2, 0.25) is 0 Å². The third-order valence-electron chi connectivity index (χ3n) is 4.54. The second kappa shape index (κ2) is 4.61. The van der Waals surface area contributed by atoms with Crippen molar-refractivity contribution < 1.29 is 4.39 Å². The summed E-state index contributed by atoms with van der Waals surface area (Å²) in [5, 5.41) is 11.9. The van der Waals surface area contributed by atoms with Crippen LogP contribution < -0.4 is 5.32 Å². The van der Waals surface area contributed by atoms with Crippen LogP contribution in [0.5, 0.6) is 0 Å². The van der Waals surface area contributed by atoms with Gasteiger partial charge >= 0.3 is 0 Å². The Balaban J connectivity index is 1.62. The molecule has 18 heavy (non-hydrogen) atoms. The lowest BCUT2D eigenvalue weighted by Gasteiger charge is -2.22. The van der Waals surface area contributed by atoms with Crippen LogP contribution in [0.4, 0.5) is 10.1 Å². The Labute approximate surface area is 107 Å². The van der Waals surface area contributed by atoms with Crippen molar-refractivity contribution >= 4 is 5.69 Å². The highest BCUT2D eigenvalue weighted by atomic mass is 19.1. The highest BCUT2D eigenvalue weighted by molar-refractivity contribution is 5.48. The average Bonchev–Trinajstić information content (AvgIpc) is 2.99. The summed E-state index contributed by atoms with van der Waals surface area (Å²) in [7, 11) is 0. The van der Waals surface area contributed by atoms with Crippen LogP contribution in [0, 0.1) is 34.9 Å². The van der Waals surface area contributed by atoms with Crippen LogP contribution in [0.1, 0.15) is 31.2 Å². The van der Waals surface area contributed by atoms with Crippen molar-refractivity contribution in [1.82, 2.24) is 0 Å². The molecule has 2 fully saturated rings. The van der Waals surface area contributed by atoms with Crippen molar-refractivity contribution in [3.63, 3.8) is 0 Å². The van der Waals surface area contributed by atoms with Gasteiger partial charge in [0.1, 0.15) is 5.82 Å². The smallest absolute Gasteiger partial charge is 0.147 e. The van der Waals surface area contributed by atoms with Crippen LogP contribution in [0.15, 0.2) is 18.2 Å². The van der Waals surface area contributed by atoms with Crippen LogP contribution in [-0.2, 0) is 0 Å². The molecule has 0 radical (unpaired) electrons. The van der Waals surface area contributed by atoms with Gasteiger partial charge in [0.05, 0.1) is 17.3 Å². The molecule has 2 bridgehead atoms. The lowest BCUT2D eigenvalue weighted by Crippen LogP contribution is -2.20. The molecule has 2 nitrogen and oxygen atoms in total. The van der Waals surface area contributed by atoms with Gasteiger partial charge in [-0.1, -0.05) is 6.42 Å². The highest BCUT2D eigenvalue weighted by Crippen LogP contribution is 2.48. The molecule has 0 aliphatic heterocycles. The number of rotatable bonds is 3. The molecule has 3 rings (SSSR count). The summed E-state index contributed by atoms with van der Waals surface area (Å²) in [5.41, 5.74) is 0.898. The SMILES string of the molecule is N#Cc1ccc(NCC2CC3CCC2C3)c(F)c1. The van der Waals surface area contributed by atoms with Crippen molar-refractivity contribution in [2.24, 2.45) is 17.8 Å².